The molecule has 0 fully saturated rings. The number of ether oxygens (including phenoxy) is 2. The minimum absolute atomic E-state index is 0.104. The summed E-state index contributed by atoms with van der Waals surface area (Å²) in [6, 6.07) is 14.2. The number of nitrogens with zero attached hydrogens (tertiary/aromatic N) is 3. The average Bonchev–Trinajstić information content (AvgIpc) is 3.20. The van der Waals surface area contributed by atoms with Crippen LogP contribution in [0.4, 0.5) is 0 Å². The largest absolute Gasteiger partial charge is 0.493 e. The van der Waals surface area contributed by atoms with Gasteiger partial charge in [0.15, 0.2) is 0 Å². The van der Waals surface area contributed by atoms with Crippen molar-refractivity contribution in [3.05, 3.63) is 68.5 Å². The summed E-state index contributed by atoms with van der Waals surface area (Å²) in [4.78, 5) is 0. The van der Waals surface area contributed by atoms with E-state index in [1.165, 1.54) is 10.2 Å². The highest BCUT2D eigenvalue weighted by Crippen LogP contribution is 2.34. The molecule has 0 aliphatic carbocycles. The molecule has 0 radical (unpaired) electrons. The number of halogens is 2. The van der Waals surface area contributed by atoms with Crippen LogP contribution in [-0.2, 0) is 18.6 Å². The molecule has 1 heterocycles. The van der Waals surface area contributed by atoms with E-state index < -0.39 is 6.10 Å². The second-order valence-corrected chi connectivity index (χ2v) is 10.7. The van der Waals surface area contributed by atoms with Gasteiger partial charge in [-0.15, -0.1) is 16.7 Å². The smallest absolute Gasteiger partial charge is 0.149 e. The van der Waals surface area contributed by atoms with Gasteiger partial charge in [-0.05, 0) is 64.4 Å². The summed E-state index contributed by atoms with van der Waals surface area (Å²) in [5.41, 5.74) is 3.81. The molecule has 35 heavy (non-hydrogen) atoms. The molecule has 1 aromatic heterocycles. The van der Waals surface area contributed by atoms with E-state index in [0.29, 0.717) is 33.5 Å². The lowest BCUT2D eigenvalue weighted by Crippen LogP contribution is -2.25. The molecular formula is C26H33ClIN3O4. The molecule has 0 bridgehead atoms. The minimum atomic E-state index is -0.787. The van der Waals surface area contributed by atoms with E-state index in [-0.39, 0.29) is 25.2 Å². The molecule has 3 aromatic rings. The summed E-state index contributed by atoms with van der Waals surface area (Å²) in [5.74, 6) is 2.44. The molecular weight excluding hydrogens is 577 g/mol. The van der Waals surface area contributed by atoms with Gasteiger partial charge in [0.2, 0.25) is 0 Å². The molecule has 2 N–H and O–H groups in total. The van der Waals surface area contributed by atoms with Crippen molar-refractivity contribution in [1.29, 1.82) is 0 Å². The van der Waals surface area contributed by atoms with Gasteiger partial charge in [0.25, 0.3) is 0 Å². The number of aromatic nitrogens is 3. The van der Waals surface area contributed by atoms with Crippen LogP contribution in [0.25, 0.3) is 0 Å². The molecule has 190 valence electrons. The summed E-state index contributed by atoms with van der Waals surface area (Å²) >= 11 is 7.89. The molecule has 9 heteroatoms. The highest BCUT2D eigenvalue weighted by atomic mass is 123. The van der Waals surface area contributed by atoms with E-state index in [1.807, 2.05) is 52.9 Å². The third-order valence-electron chi connectivity index (χ3n) is 6.03. The van der Waals surface area contributed by atoms with Gasteiger partial charge in [0.05, 0.1) is 25.5 Å². The molecule has 2 aromatic carbocycles. The Morgan fingerprint density at radius 1 is 1.09 bits per heavy atom. The lowest BCUT2D eigenvalue weighted by Gasteiger charge is -2.27. The summed E-state index contributed by atoms with van der Waals surface area (Å²) < 4.78 is 13.8. The first-order valence-electron chi connectivity index (χ1n) is 11.6. The van der Waals surface area contributed by atoms with Crippen molar-refractivity contribution in [2.45, 2.75) is 52.4 Å². The summed E-state index contributed by atoms with van der Waals surface area (Å²) in [6.07, 6.45) is -0.787. The zero-order valence-electron chi connectivity index (χ0n) is 20.5. The molecule has 2 atom stereocenters. The second-order valence-electron chi connectivity index (χ2n) is 9.33. The van der Waals surface area contributed by atoms with Gasteiger partial charge in [0, 0.05) is 17.2 Å². The maximum Gasteiger partial charge on any atom is 0.149 e. The molecule has 0 aliphatic rings. The van der Waals surface area contributed by atoms with Crippen LogP contribution >= 0.6 is 34.2 Å². The molecule has 0 amide bonds. The van der Waals surface area contributed by atoms with Gasteiger partial charge in [-0.3, -0.25) is 0 Å². The van der Waals surface area contributed by atoms with E-state index in [9.17, 15) is 10.2 Å². The van der Waals surface area contributed by atoms with Crippen molar-refractivity contribution in [3.63, 3.8) is 0 Å². The van der Waals surface area contributed by atoms with Gasteiger partial charge in [-0.25, -0.2) is 4.68 Å². The first-order chi connectivity index (χ1) is 16.6. The first-order valence-corrected chi connectivity index (χ1v) is 13.2. The maximum absolute atomic E-state index is 10.3. The molecule has 7 nitrogen and oxygen atoms in total. The average molecular weight is 610 g/mol. The molecule has 0 spiro atoms. The number of rotatable bonds is 12. The van der Waals surface area contributed by atoms with Crippen LogP contribution in [0.2, 0.25) is 0 Å². The standard InChI is InChI=1S/C26H33ClIN3O4/c1-17(12-27)15-35-24-10-7-20(11-18(24)2)26(3,4)19-5-8-22(9-6-19)34-16-21(33)13-31-23(14-32)25(28)29-30-31/h5-11,17,21,32-33H,12-16H2,1-4H3/i28-4. The van der Waals surface area contributed by atoms with Crippen LogP contribution in [0, 0.1) is 16.5 Å². The number of aryl methyl sites for hydroxylation is 1. The van der Waals surface area contributed by atoms with Gasteiger partial charge >= 0.3 is 0 Å². The number of benzene rings is 2. The van der Waals surface area contributed by atoms with E-state index >= 15 is 0 Å². The zero-order valence-corrected chi connectivity index (χ0v) is 23.5. The Balaban J connectivity index is 1.61. The highest BCUT2D eigenvalue weighted by molar-refractivity contribution is 14.1. The predicted octanol–water partition coefficient (Wildman–Crippen LogP) is 4.70. The molecule has 0 saturated carbocycles. The first kappa shape index (κ1) is 27.7. The van der Waals surface area contributed by atoms with E-state index in [0.717, 1.165) is 16.9 Å². The van der Waals surface area contributed by atoms with Crippen molar-refractivity contribution in [2.24, 2.45) is 5.92 Å². The van der Waals surface area contributed by atoms with Crippen LogP contribution in [0.5, 0.6) is 11.5 Å². The Kier molecular flexibility index (Phi) is 9.80. The van der Waals surface area contributed by atoms with Crippen molar-refractivity contribution in [1.82, 2.24) is 15.0 Å². The normalized spacial score (nSPS) is 13.5. The van der Waals surface area contributed by atoms with Crippen LogP contribution in [0.3, 0.4) is 0 Å². The molecule has 3 rings (SSSR count). The summed E-state index contributed by atoms with van der Waals surface area (Å²) in [7, 11) is 0. The number of hydrogen-bond acceptors (Lipinski definition) is 6. The van der Waals surface area contributed by atoms with Gasteiger partial charge in [-0.2, -0.15) is 0 Å². The van der Waals surface area contributed by atoms with Gasteiger partial charge in [0.1, 0.15) is 27.9 Å². The van der Waals surface area contributed by atoms with Crippen molar-refractivity contribution < 1.29 is 19.7 Å². The van der Waals surface area contributed by atoms with E-state index in [4.69, 9.17) is 21.1 Å². The Morgan fingerprint density at radius 2 is 1.77 bits per heavy atom. The number of hydrogen-bond donors (Lipinski definition) is 2. The highest BCUT2D eigenvalue weighted by Gasteiger charge is 2.24. The maximum atomic E-state index is 10.3. The van der Waals surface area contributed by atoms with Gasteiger partial charge in [-0.1, -0.05) is 50.3 Å². The predicted molar refractivity (Wildman–Crippen MR) is 145 cm³/mol. The summed E-state index contributed by atoms with van der Waals surface area (Å²) in [6.45, 7) is 9.23. The van der Waals surface area contributed by atoms with Crippen LogP contribution in [0.1, 0.15) is 43.2 Å². The second kappa shape index (κ2) is 12.4. The monoisotopic (exact) mass is 609 g/mol. The minimum Gasteiger partial charge on any atom is -0.493 e. The van der Waals surface area contributed by atoms with Crippen LogP contribution in [-0.4, -0.2) is 50.4 Å². The fraction of sp³-hybridized carbons (Fsp3) is 0.462. The number of aliphatic hydroxyl groups excluding tert-OH is 2. The zero-order chi connectivity index (χ0) is 25.6. The van der Waals surface area contributed by atoms with Crippen LogP contribution in [0.15, 0.2) is 42.5 Å². The topological polar surface area (TPSA) is 89.6 Å². The molecule has 2 unspecified atom stereocenters. The number of alkyl halides is 1. The lowest BCUT2D eigenvalue weighted by atomic mass is 9.77. The lowest BCUT2D eigenvalue weighted by molar-refractivity contribution is 0.0866. The SMILES string of the molecule is Cc1cc(C(C)(C)c2ccc(OCC(O)Cn3nnc([123I])c3CO)cc2)ccc1OCC(C)CCl. The Labute approximate surface area is 225 Å². The van der Waals surface area contributed by atoms with E-state index in [1.54, 1.807) is 0 Å². The molecule has 0 aliphatic heterocycles. The van der Waals surface area contributed by atoms with Crippen molar-refractivity contribution in [2.75, 3.05) is 19.1 Å². The Bertz CT molecular complexity index is 1100. The van der Waals surface area contributed by atoms with Gasteiger partial charge < -0.3 is 19.7 Å². The van der Waals surface area contributed by atoms with Crippen molar-refractivity contribution in [3.8, 4) is 11.5 Å². The fourth-order valence-electron chi connectivity index (χ4n) is 3.66. The quantitative estimate of drug-likeness (QED) is 0.229. The third kappa shape index (κ3) is 7.09. The van der Waals surface area contributed by atoms with Crippen LogP contribution < -0.4 is 9.47 Å². The Morgan fingerprint density at radius 3 is 2.40 bits per heavy atom. The fourth-order valence-corrected chi connectivity index (χ4v) is 4.30. The third-order valence-corrected chi connectivity index (χ3v) is 7.39. The van der Waals surface area contributed by atoms with Crippen molar-refractivity contribution >= 4 is 34.2 Å². The summed E-state index contributed by atoms with van der Waals surface area (Å²) in [5, 5.41) is 27.7. The molecule has 0 saturated heterocycles. The van der Waals surface area contributed by atoms with E-state index in [2.05, 4.69) is 50.1 Å². The number of aliphatic hydroxyl groups is 2. The Hall–Kier alpha value is -1.88.